The number of benzene rings is 1. The van der Waals surface area contributed by atoms with E-state index in [1.807, 2.05) is 0 Å². The molecule has 82 valence electrons. The molecule has 0 atom stereocenters. The van der Waals surface area contributed by atoms with Crippen LogP contribution in [-0.2, 0) is 0 Å². The Kier molecular flexibility index (Phi) is 2.97. The molecule has 0 unspecified atom stereocenters. The van der Waals surface area contributed by atoms with Crippen LogP contribution in [0.4, 0.5) is 5.69 Å². The van der Waals surface area contributed by atoms with Gasteiger partial charge in [-0.2, -0.15) is 0 Å². The molecule has 2 aromatic rings. The second-order valence-electron chi connectivity index (χ2n) is 3.12. The summed E-state index contributed by atoms with van der Waals surface area (Å²) in [5.41, 5.74) is 1.58. The fourth-order valence-electron chi connectivity index (χ4n) is 1.32. The highest BCUT2D eigenvalue weighted by atomic mass is 79.9. The predicted octanol–water partition coefficient (Wildman–Crippen LogP) is 3.18. The van der Waals surface area contributed by atoms with Crippen molar-refractivity contribution in [1.82, 2.24) is 10.2 Å². The Morgan fingerprint density at radius 3 is 2.69 bits per heavy atom. The number of nitrogens with zero attached hydrogens (tertiary/aromatic N) is 3. The van der Waals surface area contributed by atoms with Gasteiger partial charge >= 0.3 is 0 Å². The first-order valence-corrected chi connectivity index (χ1v) is 5.93. The van der Waals surface area contributed by atoms with Crippen molar-refractivity contribution in [2.45, 2.75) is 6.92 Å². The fraction of sp³-hybridized carbons (Fsp3) is 0.111. The lowest BCUT2D eigenvalue weighted by molar-refractivity contribution is -0.385. The van der Waals surface area contributed by atoms with Gasteiger partial charge in [0.05, 0.1) is 4.92 Å². The van der Waals surface area contributed by atoms with E-state index in [1.165, 1.54) is 17.4 Å². The van der Waals surface area contributed by atoms with Crippen molar-refractivity contribution in [3.8, 4) is 10.6 Å². The number of hydrogen-bond acceptors (Lipinski definition) is 5. The molecular formula is C9H6BrN3O2S. The average molecular weight is 300 g/mol. The maximum atomic E-state index is 10.6. The van der Waals surface area contributed by atoms with Crippen molar-refractivity contribution in [3.63, 3.8) is 0 Å². The minimum absolute atomic E-state index is 0.118. The Hall–Kier alpha value is -1.34. The van der Waals surface area contributed by atoms with E-state index in [1.54, 1.807) is 19.1 Å². The molecule has 2 rings (SSSR count). The van der Waals surface area contributed by atoms with Crippen LogP contribution in [0.5, 0.6) is 0 Å². The highest BCUT2D eigenvalue weighted by Crippen LogP contribution is 2.29. The molecule has 0 saturated heterocycles. The average Bonchev–Trinajstić information content (AvgIpc) is 2.64. The first kappa shape index (κ1) is 11.2. The number of rotatable bonds is 2. The van der Waals surface area contributed by atoms with E-state index in [0.717, 1.165) is 10.6 Å². The van der Waals surface area contributed by atoms with Crippen LogP contribution in [-0.4, -0.2) is 15.1 Å². The summed E-state index contributed by atoms with van der Waals surface area (Å²) in [5, 5.41) is 19.2. The Morgan fingerprint density at radius 1 is 1.44 bits per heavy atom. The van der Waals surface area contributed by atoms with Gasteiger partial charge in [0, 0.05) is 17.2 Å². The summed E-state index contributed by atoms with van der Waals surface area (Å²) in [6.07, 6.45) is 0. The molecule has 7 heteroatoms. The Morgan fingerprint density at radius 2 is 2.19 bits per heavy atom. The van der Waals surface area contributed by atoms with Crippen molar-refractivity contribution < 1.29 is 4.92 Å². The van der Waals surface area contributed by atoms with Crippen molar-refractivity contribution >= 4 is 33.0 Å². The van der Waals surface area contributed by atoms with Crippen LogP contribution in [0, 0.1) is 17.0 Å². The zero-order valence-electron chi connectivity index (χ0n) is 8.18. The molecule has 0 fully saturated rings. The third kappa shape index (κ3) is 2.10. The molecule has 0 saturated carbocycles. The monoisotopic (exact) mass is 299 g/mol. The lowest BCUT2D eigenvalue weighted by Crippen LogP contribution is -1.91. The van der Waals surface area contributed by atoms with Gasteiger partial charge < -0.3 is 0 Å². The van der Waals surface area contributed by atoms with E-state index in [2.05, 4.69) is 26.1 Å². The summed E-state index contributed by atoms with van der Waals surface area (Å²) < 4.78 is 0.693. The number of aromatic nitrogens is 2. The third-order valence-corrected chi connectivity index (χ3v) is 3.45. The van der Waals surface area contributed by atoms with E-state index >= 15 is 0 Å². The molecular weight excluding hydrogens is 294 g/mol. The summed E-state index contributed by atoms with van der Waals surface area (Å²) in [6, 6.07) is 4.91. The SMILES string of the molecule is Cc1cc(-c2nnc(Br)s2)ccc1[N+](=O)[O-]. The molecule has 0 radical (unpaired) electrons. The van der Waals surface area contributed by atoms with Crippen molar-refractivity contribution in [1.29, 1.82) is 0 Å². The smallest absolute Gasteiger partial charge is 0.258 e. The second kappa shape index (κ2) is 4.26. The zero-order chi connectivity index (χ0) is 11.7. The Labute approximate surface area is 103 Å². The van der Waals surface area contributed by atoms with Crippen LogP contribution in [0.15, 0.2) is 22.1 Å². The highest BCUT2D eigenvalue weighted by molar-refractivity contribution is 9.11. The predicted molar refractivity (Wildman–Crippen MR) is 64.4 cm³/mol. The molecule has 5 nitrogen and oxygen atoms in total. The van der Waals surface area contributed by atoms with Gasteiger partial charge in [0.25, 0.3) is 5.69 Å². The molecule has 16 heavy (non-hydrogen) atoms. The number of nitro benzene ring substituents is 1. The number of nitro groups is 1. The van der Waals surface area contributed by atoms with Crippen LogP contribution in [0.3, 0.4) is 0 Å². The van der Waals surface area contributed by atoms with Crippen LogP contribution in [0.1, 0.15) is 5.56 Å². The maximum Gasteiger partial charge on any atom is 0.272 e. The molecule has 1 heterocycles. The van der Waals surface area contributed by atoms with Crippen molar-refractivity contribution in [3.05, 3.63) is 37.8 Å². The summed E-state index contributed by atoms with van der Waals surface area (Å²) in [6.45, 7) is 1.71. The Balaban J connectivity index is 2.45. The standard InChI is InChI=1S/C9H6BrN3O2S/c1-5-4-6(2-3-7(5)13(14)15)8-11-12-9(10)16-8/h2-4H,1H3. The van der Waals surface area contributed by atoms with Gasteiger partial charge in [-0.3, -0.25) is 10.1 Å². The number of aryl methyl sites for hydroxylation is 1. The van der Waals surface area contributed by atoms with Crippen LogP contribution < -0.4 is 0 Å². The molecule has 1 aromatic heterocycles. The largest absolute Gasteiger partial charge is 0.272 e. The maximum absolute atomic E-state index is 10.6. The van der Waals surface area contributed by atoms with Gasteiger partial charge in [0.1, 0.15) is 5.01 Å². The van der Waals surface area contributed by atoms with Gasteiger partial charge in [-0.25, -0.2) is 0 Å². The first-order valence-electron chi connectivity index (χ1n) is 4.32. The molecule has 0 aliphatic rings. The highest BCUT2D eigenvalue weighted by Gasteiger charge is 2.12. The number of halogens is 1. The van der Waals surface area contributed by atoms with Gasteiger partial charge in [0.15, 0.2) is 3.92 Å². The minimum Gasteiger partial charge on any atom is -0.258 e. The molecule has 0 N–H and O–H groups in total. The zero-order valence-corrected chi connectivity index (χ0v) is 10.6. The van der Waals surface area contributed by atoms with E-state index in [0.29, 0.717) is 9.48 Å². The Bertz CT molecular complexity index is 555. The summed E-state index contributed by atoms with van der Waals surface area (Å²) in [7, 11) is 0. The molecule has 1 aromatic carbocycles. The van der Waals surface area contributed by atoms with Crippen LogP contribution in [0.2, 0.25) is 0 Å². The van der Waals surface area contributed by atoms with Gasteiger partial charge in [-0.05, 0) is 35.0 Å². The molecule has 0 aliphatic carbocycles. The molecule has 0 bridgehead atoms. The molecule has 0 aliphatic heterocycles. The van der Waals surface area contributed by atoms with Gasteiger partial charge in [0.2, 0.25) is 0 Å². The summed E-state index contributed by atoms with van der Waals surface area (Å²) in [4.78, 5) is 10.3. The quantitative estimate of drug-likeness (QED) is 0.631. The minimum atomic E-state index is -0.394. The van der Waals surface area contributed by atoms with E-state index < -0.39 is 4.92 Å². The fourth-order valence-corrected chi connectivity index (χ4v) is 2.42. The third-order valence-electron chi connectivity index (χ3n) is 2.04. The lowest BCUT2D eigenvalue weighted by atomic mass is 10.1. The van der Waals surface area contributed by atoms with Crippen LogP contribution in [0.25, 0.3) is 10.6 Å². The van der Waals surface area contributed by atoms with Gasteiger partial charge in [-0.15, -0.1) is 10.2 Å². The second-order valence-corrected chi connectivity index (χ2v) is 5.37. The lowest BCUT2D eigenvalue weighted by Gasteiger charge is -1.99. The van der Waals surface area contributed by atoms with Crippen molar-refractivity contribution in [2.24, 2.45) is 0 Å². The van der Waals surface area contributed by atoms with E-state index in [-0.39, 0.29) is 5.69 Å². The van der Waals surface area contributed by atoms with E-state index in [4.69, 9.17) is 0 Å². The first-order chi connectivity index (χ1) is 7.58. The number of hydrogen-bond donors (Lipinski definition) is 0. The summed E-state index contributed by atoms with van der Waals surface area (Å²) in [5.74, 6) is 0. The topological polar surface area (TPSA) is 68.9 Å². The van der Waals surface area contributed by atoms with Crippen LogP contribution >= 0.6 is 27.3 Å². The molecule has 0 spiro atoms. The van der Waals surface area contributed by atoms with Crippen molar-refractivity contribution in [2.75, 3.05) is 0 Å². The van der Waals surface area contributed by atoms with Gasteiger partial charge in [-0.1, -0.05) is 11.3 Å². The molecule has 0 amide bonds. The van der Waals surface area contributed by atoms with E-state index in [9.17, 15) is 10.1 Å². The summed E-state index contributed by atoms with van der Waals surface area (Å²) >= 11 is 4.61. The normalized spacial score (nSPS) is 10.4.